The van der Waals surface area contributed by atoms with Crippen molar-refractivity contribution in [3.63, 3.8) is 0 Å². The summed E-state index contributed by atoms with van der Waals surface area (Å²) in [5.74, 6) is 0.397. The van der Waals surface area contributed by atoms with Gasteiger partial charge in [0.1, 0.15) is 23.5 Å². The molecule has 0 spiro atoms. The van der Waals surface area contributed by atoms with Gasteiger partial charge in [0.15, 0.2) is 0 Å². The highest BCUT2D eigenvalue weighted by atomic mass is 79.9. The molecule has 0 aliphatic heterocycles. The molecule has 0 fully saturated rings. The molecule has 1 heterocycles. The number of hydrogen-bond donors (Lipinski definition) is 0. The van der Waals surface area contributed by atoms with Crippen LogP contribution in [0.15, 0.2) is 62.2 Å². The topological polar surface area (TPSA) is 39.4 Å². The quantitative estimate of drug-likeness (QED) is 0.572. The molecule has 0 atom stereocenters. The molecule has 1 aromatic heterocycles. The highest BCUT2D eigenvalue weighted by Crippen LogP contribution is 2.30. The molecule has 3 rings (SSSR count). The van der Waals surface area contributed by atoms with Gasteiger partial charge in [0.2, 0.25) is 0 Å². The van der Waals surface area contributed by atoms with E-state index in [0.717, 1.165) is 16.1 Å². The molecule has 0 radical (unpaired) electrons. The first kappa shape index (κ1) is 16.6. The molecule has 0 saturated carbocycles. The summed E-state index contributed by atoms with van der Waals surface area (Å²) in [6.07, 6.45) is -4.74. The number of fused-ring (bicyclic) bond motifs is 1. The minimum atomic E-state index is -4.74. The fourth-order valence-electron chi connectivity index (χ4n) is 2.13. The number of alkyl halides is 3. The third kappa shape index (κ3) is 3.62. The summed E-state index contributed by atoms with van der Waals surface area (Å²) in [7, 11) is 0. The maximum atomic E-state index is 12.7. The Kier molecular flexibility index (Phi) is 4.36. The van der Waals surface area contributed by atoms with Gasteiger partial charge in [-0.15, -0.1) is 0 Å². The number of benzene rings is 2. The maximum Gasteiger partial charge on any atom is 0.423 e. The standard InChI is InChI=1S/C17H10BrF3O3/c18-12-4-1-10(2-5-12)9-23-13-6-3-11-7-14(17(19,20)21)16(22)24-15(11)8-13/h1-8H,9H2. The van der Waals surface area contributed by atoms with E-state index >= 15 is 0 Å². The molecular formula is C17H10BrF3O3. The Morgan fingerprint density at radius 3 is 2.42 bits per heavy atom. The molecule has 3 nitrogen and oxygen atoms in total. The van der Waals surface area contributed by atoms with Crippen LogP contribution in [0, 0.1) is 0 Å². The van der Waals surface area contributed by atoms with E-state index < -0.39 is 17.4 Å². The van der Waals surface area contributed by atoms with Crippen LogP contribution in [0.25, 0.3) is 11.0 Å². The van der Waals surface area contributed by atoms with E-state index in [1.807, 2.05) is 24.3 Å². The van der Waals surface area contributed by atoms with Gasteiger partial charge in [-0.2, -0.15) is 13.2 Å². The summed E-state index contributed by atoms with van der Waals surface area (Å²) < 4.78 is 49.4. The Bertz CT molecular complexity index is 930. The van der Waals surface area contributed by atoms with Gasteiger partial charge < -0.3 is 9.15 Å². The fraction of sp³-hybridized carbons (Fsp3) is 0.118. The van der Waals surface area contributed by atoms with Gasteiger partial charge in [0.05, 0.1) is 0 Å². The zero-order valence-electron chi connectivity index (χ0n) is 12.1. The minimum Gasteiger partial charge on any atom is -0.489 e. The Labute approximate surface area is 142 Å². The Morgan fingerprint density at radius 1 is 1.04 bits per heavy atom. The van der Waals surface area contributed by atoms with Crippen LogP contribution in [0.2, 0.25) is 0 Å². The number of rotatable bonds is 3. The van der Waals surface area contributed by atoms with Gasteiger partial charge in [-0.1, -0.05) is 28.1 Å². The average Bonchev–Trinajstić information content (AvgIpc) is 2.52. The summed E-state index contributed by atoms with van der Waals surface area (Å²) in [5.41, 5.74) is -1.77. The maximum absolute atomic E-state index is 12.7. The van der Waals surface area contributed by atoms with Gasteiger partial charge in [-0.3, -0.25) is 0 Å². The predicted molar refractivity (Wildman–Crippen MR) is 86.0 cm³/mol. The molecule has 0 N–H and O–H groups in total. The largest absolute Gasteiger partial charge is 0.489 e. The predicted octanol–water partition coefficient (Wildman–Crippen LogP) is 5.15. The van der Waals surface area contributed by atoms with Crippen molar-refractivity contribution in [1.29, 1.82) is 0 Å². The first-order valence-corrected chi connectivity index (χ1v) is 7.64. The fourth-order valence-corrected chi connectivity index (χ4v) is 2.39. The molecule has 124 valence electrons. The van der Waals surface area contributed by atoms with E-state index in [4.69, 9.17) is 9.15 Å². The van der Waals surface area contributed by atoms with Crippen molar-refractivity contribution in [2.24, 2.45) is 0 Å². The van der Waals surface area contributed by atoms with Gasteiger partial charge in [0.25, 0.3) is 0 Å². The monoisotopic (exact) mass is 398 g/mol. The van der Waals surface area contributed by atoms with Crippen molar-refractivity contribution in [2.45, 2.75) is 12.8 Å². The summed E-state index contributed by atoms with van der Waals surface area (Å²) >= 11 is 3.33. The first-order chi connectivity index (χ1) is 11.3. The molecule has 3 aromatic rings. The van der Waals surface area contributed by atoms with E-state index in [2.05, 4.69) is 15.9 Å². The molecule has 0 saturated heterocycles. The molecule has 0 bridgehead atoms. The van der Waals surface area contributed by atoms with Gasteiger partial charge in [-0.05, 0) is 35.9 Å². The first-order valence-electron chi connectivity index (χ1n) is 6.85. The van der Waals surface area contributed by atoms with Crippen LogP contribution >= 0.6 is 15.9 Å². The lowest BCUT2D eigenvalue weighted by atomic mass is 10.1. The second-order valence-electron chi connectivity index (χ2n) is 5.06. The minimum absolute atomic E-state index is 0.0429. The summed E-state index contributed by atoms with van der Waals surface area (Å²) in [5, 5.41) is 0.179. The van der Waals surface area contributed by atoms with Crippen LogP contribution in [0.3, 0.4) is 0 Å². The van der Waals surface area contributed by atoms with E-state index in [0.29, 0.717) is 5.75 Å². The third-order valence-electron chi connectivity index (χ3n) is 3.33. The second-order valence-corrected chi connectivity index (χ2v) is 5.98. The van der Waals surface area contributed by atoms with E-state index in [9.17, 15) is 18.0 Å². The molecule has 0 aliphatic carbocycles. The van der Waals surface area contributed by atoms with Crippen LogP contribution < -0.4 is 10.4 Å². The summed E-state index contributed by atoms with van der Waals surface area (Å²) in [6.45, 7) is 0.281. The van der Waals surface area contributed by atoms with Crippen LogP contribution in [0.4, 0.5) is 13.2 Å². The summed E-state index contributed by atoms with van der Waals surface area (Å²) in [6, 6.07) is 12.6. The number of hydrogen-bond acceptors (Lipinski definition) is 3. The molecule has 0 amide bonds. The van der Waals surface area contributed by atoms with Gasteiger partial charge in [-0.25, -0.2) is 4.79 Å². The van der Waals surface area contributed by atoms with Crippen LogP contribution in [-0.4, -0.2) is 0 Å². The van der Waals surface area contributed by atoms with E-state index in [1.165, 1.54) is 18.2 Å². The SMILES string of the molecule is O=c1oc2cc(OCc3ccc(Br)cc3)ccc2cc1C(F)(F)F. The van der Waals surface area contributed by atoms with E-state index in [-0.39, 0.29) is 17.6 Å². The molecule has 0 aliphatic rings. The normalized spacial score (nSPS) is 11.7. The highest BCUT2D eigenvalue weighted by molar-refractivity contribution is 9.10. The highest BCUT2D eigenvalue weighted by Gasteiger charge is 2.35. The lowest BCUT2D eigenvalue weighted by Crippen LogP contribution is -2.17. The van der Waals surface area contributed by atoms with Crippen LogP contribution in [0.5, 0.6) is 5.75 Å². The Morgan fingerprint density at radius 2 is 1.75 bits per heavy atom. The Hall–Kier alpha value is -2.28. The van der Waals surface area contributed by atoms with Gasteiger partial charge in [0, 0.05) is 15.9 Å². The third-order valence-corrected chi connectivity index (χ3v) is 3.86. The number of ether oxygens (including phenoxy) is 1. The van der Waals surface area contributed by atoms with Crippen molar-refractivity contribution in [1.82, 2.24) is 0 Å². The van der Waals surface area contributed by atoms with Crippen molar-refractivity contribution in [3.05, 3.63) is 74.6 Å². The van der Waals surface area contributed by atoms with Crippen LogP contribution in [-0.2, 0) is 12.8 Å². The lowest BCUT2D eigenvalue weighted by molar-refractivity contribution is -0.139. The van der Waals surface area contributed by atoms with E-state index in [1.54, 1.807) is 0 Å². The molecule has 24 heavy (non-hydrogen) atoms. The second kappa shape index (κ2) is 6.32. The van der Waals surface area contributed by atoms with Crippen molar-refractivity contribution < 1.29 is 22.3 Å². The van der Waals surface area contributed by atoms with Crippen molar-refractivity contribution in [3.8, 4) is 5.75 Å². The summed E-state index contributed by atoms with van der Waals surface area (Å²) in [4.78, 5) is 11.5. The lowest BCUT2D eigenvalue weighted by Gasteiger charge is -2.09. The Balaban J connectivity index is 1.86. The number of halogens is 4. The molecular weight excluding hydrogens is 389 g/mol. The van der Waals surface area contributed by atoms with Crippen molar-refractivity contribution in [2.75, 3.05) is 0 Å². The average molecular weight is 399 g/mol. The smallest absolute Gasteiger partial charge is 0.423 e. The van der Waals surface area contributed by atoms with Crippen molar-refractivity contribution >= 4 is 26.9 Å². The zero-order valence-corrected chi connectivity index (χ0v) is 13.6. The molecule has 7 heteroatoms. The zero-order chi connectivity index (χ0) is 17.3. The molecule has 0 unspecified atom stereocenters. The van der Waals surface area contributed by atoms with Gasteiger partial charge >= 0.3 is 11.8 Å². The molecule has 2 aromatic carbocycles. The van der Waals surface area contributed by atoms with Crippen LogP contribution in [0.1, 0.15) is 11.1 Å².